The van der Waals surface area contributed by atoms with Crippen LogP contribution in [0.25, 0.3) is 0 Å². The molecule has 0 atom stereocenters. The summed E-state index contributed by atoms with van der Waals surface area (Å²) in [6.45, 7) is 8.99. The molecule has 0 rings (SSSR count). The Bertz CT molecular complexity index is 563. The molecule has 1 N–H and O–H groups in total. The average Bonchev–Trinajstić information content (AvgIpc) is 2.35. The summed E-state index contributed by atoms with van der Waals surface area (Å²) in [5, 5.41) is 2.39. The highest BCUT2D eigenvalue weighted by Crippen LogP contribution is 2.09. The van der Waals surface area contributed by atoms with Crippen LogP contribution in [0.2, 0.25) is 0 Å². The highest BCUT2D eigenvalue weighted by Gasteiger charge is 2.30. The molecule has 0 aromatic heterocycles. The van der Waals surface area contributed by atoms with E-state index in [2.05, 4.69) is 27.4 Å². The first-order chi connectivity index (χ1) is 10.0. The van der Waals surface area contributed by atoms with Gasteiger partial charge in [-0.2, -0.15) is 8.42 Å². The van der Waals surface area contributed by atoms with Crippen LogP contribution >= 0.6 is 0 Å². The average molecular weight is 333 g/mol. The second-order valence-electron chi connectivity index (χ2n) is 4.86. The van der Waals surface area contributed by atoms with Crippen LogP contribution in [-0.2, 0) is 33.4 Å². The van der Waals surface area contributed by atoms with E-state index in [0.29, 0.717) is 0 Å². The molecule has 22 heavy (non-hydrogen) atoms. The summed E-state index contributed by atoms with van der Waals surface area (Å²) >= 11 is 0. The second-order valence-corrected chi connectivity index (χ2v) is 6.43. The number of rotatable bonds is 9. The van der Waals surface area contributed by atoms with E-state index in [1.165, 1.54) is 13.8 Å². The Morgan fingerprint density at radius 3 is 2.27 bits per heavy atom. The van der Waals surface area contributed by atoms with E-state index in [-0.39, 0.29) is 6.61 Å². The zero-order valence-corrected chi connectivity index (χ0v) is 13.3. The molecule has 0 aliphatic carbocycles. The number of esters is 1. The van der Waals surface area contributed by atoms with Gasteiger partial charge in [0.05, 0.1) is 12.0 Å². The summed E-state index contributed by atoms with van der Waals surface area (Å²) in [4.78, 5) is 33.3. The van der Waals surface area contributed by atoms with Crippen LogP contribution < -0.4 is 5.32 Å². The van der Waals surface area contributed by atoms with Crippen LogP contribution in [0.5, 0.6) is 0 Å². The largest absolute Gasteiger partial charge is 0.462 e. The Labute approximate surface area is 129 Å². The molecule has 0 aliphatic heterocycles. The molecule has 0 spiro atoms. The van der Waals surface area contributed by atoms with Gasteiger partial charge in [-0.15, -0.1) is 0 Å². The molecule has 0 bridgehead atoms. The fraction of sp³-hybridized carbons (Fsp3) is 0.462. The summed E-state index contributed by atoms with van der Waals surface area (Å²) in [6.07, 6.45) is 1.49. The monoisotopic (exact) mass is 333 g/mol. The van der Waals surface area contributed by atoms with Crippen LogP contribution in [0.15, 0.2) is 25.3 Å². The van der Waals surface area contributed by atoms with Crippen molar-refractivity contribution in [2.24, 2.45) is 0 Å². The van der Waals surface area contributed by atoms with Gasteiger partial charge in [0.25, 0.3) is 0 Å². The van der Waals surface area contributed by atoms with Crippen molar-refractivity contribution in [1.29, 1.82) is 0 Å². The van der Waals surface area contributed by atoms with Crippen LogP contribution in [0.3, 0.4) is 0 Å². The summed E-state index contributed by atoms with van der Waals surface area (Å²) in [7, 11) is -4.21. The van der Waals surface area contributed by atoms with E-state index in [9.17, 15) is 22.8 Å². The fourth-order valence-corrected chi connectivity index (χ4v) is 2.75. The summed E-state index contributed by atoms with van der Waals surface area (Å²) in [5.74, 6) is -2.97. The zero-order valence-electron chi connectivity index (χ0n) is 12.5. The molecule has 0 aromatic rings. The summed E-state index contributed by atoms with van der Waals surface area (Å²) in [5.41, 5.74) is -1.15. The molecule has 0 radical (unpaired) electrons. The Hall–Kier alpha value is -2.16. The van der Waals surface area contributed by atoms with E-state index in [1.807, 2.05) is 0 Å². The van der Waals surface area contributed by atoms with E-state index < -0.39 is 45.7 Å². The van der Waals surface area contributed by atoms with Crippen LogP contribution in [0.1, 0.15) is 20.3 Å². The molecule has 1 amide bonds. The Morgan fingerprint density at radius 1 is 1.18 bits per heavy atom. The summed E-state index contributed by atoms with van der Waals surface area (Å²) < 4.78 is 32.3. The Morgan fingerprint density at radius 2 is 1.77 bits per heavy atom. The Kier molecular flexibility index (Phi) is 7.51. The lowest BCUT2D eigenvalue weighted by molar-refractivity contribution is -0.141. The van der Waals surface area contributed by atoms with Crippen molar-refractivity contribution in [3.63, 3.8) is 0 Å². The van der Waals surface area contributed by atoms with Crippen molar-refractivity contribution in [3.8, 4) is 0 Å². The third-order valence-electron chi connectivity index (χ3n) is 2.12. The highest BCUT2D eigenvalue weighted by molar-refractivity contribution is 7.87. The van der Waals surface area contributed by atoms with Gasteiger partial charge in [0.15, 0.2) is 0 Å². The third-order valence-corrected chi connectivity index (χ3v) is 3.64. The molecule has 8 nitrogen and oxygen atoms in total. The number of carbonyl (C=O) groups excluding carboxylic acids is 3. The maximum atomic E-state index is 11.7. The molecule has 0 heterocycles. The SMILES string of the molecule is C=CC(=O)NC(C)(C)CS(=O)(=O)OC(=O)CCOC(=O)C=C. The van der Waals surface area contributed by atoms with Crippen molar-refractivity contribution < 1.29 is 31.7 Å². The van der Waals surface area contributed by atoms with Crippen LogP contribution in [-0.4, -0.2) is 44.2 Å². The molecule has 124 valence electrons. The first-order valence-electron chi connectivity index (χ1n) is 6.20. The molecule has 0 aliphatic rings. The minimum absolute atomic E-state index is 0.324. The fourth-order valence-electron chi connectivity index (χ4n) is 1.37. The number of carbonyl (C=O) groups is 3. The van der Waals surface area contributed by atoms with Gasteiger partial charge in [-0.25, -0.2) is 4.79 Å². The number of hydrogen-bond acceptors (Lipinski definition) is 7. The third kappa shape index (κ3) is 8.90. The molecular formula is C13H19NO7S. The molecule has 0 saturated carbocycles. The highest BCUT2D eigenvalue weighted by atomic mass is 32.2. The number of amides is 1. The van der Waals surface area contributed by atoms with Gasteiger partial charge in [0.2, 0.25) is 5.91 Å². The minimum Gasteiger partial charge on any atom is -0.462 e. The number of ether oxygens (including phenoxy) is 1. The predicted octanol–water partition coefficient (Wildman–Crippen LogP) is 0.0595. The standard InChI is InChI=1S/C13H19NO7S/c1-5-10(15)14-13(3,4)9-22(18,19)21-12(17)7-8-20-11(16)6-2/h5-6H,1-2,7-9H2,3-4H3,(H,14,15). The summed E-state index contributed by atoms with van der Waals surface area (Å²) in [6, 6.07) is 0. The van der Waals surface area contributed by atoms with Crippen molar-refractivity contribution in [2.45, 2.75) is 25.8 Å². The first-order valence-corrected chi connectivity index (χ1v) is 7.78. The van der Waals surface area contributed by atoms with E-state index in [0.717, 1.165) is 12.2 Å². The molecule has 0 saturated heterocycles. The first kappa shape index (κ1) is 19.8. The number of nitrogens with one attached hydrogen (secondary N) is 1. The van der Waals surface area contributed by atoms with Gasteiger partial charge in [0.1, 0.15) is 12.4 Å². The van der Waals surface area contributed by atoms with Gasteiger partial charge < -0.3 is 14.2 Å². The molecule has 0 aromatic carbocycles. The lowest BCUT2D eigenvalue weighted by Gasteiger charge is -2.24. The van der Waals surface area contributed by atoms with Gasteiger partial charge >= 0.3 is 22.1 Å². The van der Waals surface area contributed by atoms with Gasteiger partial charge in [0, 0.05) is 6.08 Å². The van der Waals surface area contributed by atoms with Crippen molar-refractivity contribution >= 4 is 28.0 Å². The van der Waals surface area contributed by atoms with Gasteiger partial charge in [-0.1, -0.05) is 13.2 Å². The van der Waals surface area contributed by atoms with Crippen molar-refractivity contribution in [3.05, 3.63) is 25.3 Å². The van der Waals surface area contributed by atoms with Crippen LogP contribution in [0.4, 0.5) is 0 Å². The molecule has 0 fully saturated rings. The molecule has 0 unspecified atom stereocenters. The predicted molar refractivity (Wildman–Crippen MR) is 78.1 cm³/mol. The number of hydrogen-bond donors (Lipinski definition) is 1. The zero-order chi connectivity index (χ0) is 17.4. The molecule has 9 heteroatoms. The Balaban J connectivity index is 4.47. The van der Waals surface area contributed by atoms with Crippen molar-refractivity contribution in [1.82, 2.24) is 5.32 Å². The van der Waals surface area contributed by atoms with E-state index >= 15 is 0 Å². The van der Waals surface area contributed by atoms with Gasteiger partial charge in [-0.05, 0) is 19.9 Å². The van der Waals surface area contributed by atoms with Crippen LogP contribution in [0, 0.1) is 0 Å². The smallest absolute Gasteiger partial charge is 0.330 e. The topological polar surface area (TPSA) is 116 Å². The van der Waals surface area contributed by atoms with E-state index in [4.69, 9.17) is 0 Å². The van der Waals surface area contributed by atoms with Gasteiger partial charge in [-0.3, -0.25) is 9.59 Å². The lowest BCUT2D eigenvalue weighted by Crippen LogP contribution is -2.48. The maximum absolute atomic E-state index is 11.7. The lowest BCUT2D eigenvalue weighted by atomic mass is 10.1. The molecular weight excluding hydrogens is 314 g/mol. The van der Waals surface area contributed by atoms with Crippen molar-refractivity contribution in [2.75, 3.05) is 12.4 Å². The van der Waals surface area contributed by atoms with E-state index in [1.54, 1.807) is 0 Å². The second kappa shape index (κ2) is 8.32. The maximum Gasteiger partial charge on any atom is 0.330 e. The minimum atomic E-state index is -4.21. The normalized spacial score (nSPS) is 11.2. The quantitative estimate of drug-likeness (QED) is 0.360.